The van der Waals surface area contributed by atoms with E-state index in [0.717, 1.165) is 10.9 Å². The molecule has 0 saturated carbocycles. The molecule has 1 heterocycles. The van der Waals surface area contributed by atoms with Crippen molar-refractivity contribution >= 4 is 65.8 Å². The van der Waals surface area contributed by atoms with Crippen LogP contribution in [0.1, 0.15) is 18.4 Å². The van der Waals surface area contributed by atoms with Crippen molar-refractivity contribution in [3.63, 3.8) is 0 Å². The zero-order valence-corrected chi connectivity index (χ0v) is 20.9. The Bertz CT molecular complexity index is 1110. The van der Waals surface area contributed by atoms with Gasteiger partial charge in [-0.15, -0.1) is 0 Å². The van der Waals surface area contributed by atoms with Crippen molar-refractivity contribution < 1.29 is 34.2 Å². The number of hydrogen-bond donors (Lipinski definition) is 9. The van der Waals surface area contributed by atoms with Gasteiger partial charge in [0, 0.05) is 41.4 Å². The molecule has 4 unspecified atom stereocenters. The van der Waals surface area contributed by atoms with Crippen molar-refractivity contribution in [3.05, 3.63) is 36.0 Å². The first-order chi connectivity index (χ1) is 17.1. The van der Waals surface area contributed by atoms with Crippen LogP contribution < -0.4 is 21.7 Å². The number of fused-ring (bicyclic) bond motifs is 1. The number of carboxylic acid groups (broad SMARTS) is 2. The minimum Gasteiger partial charge on any atom is -0.481 e. The number of para-hydroxylation sites is 1. The summed E-state index contributed by atoms with van der Waals surface area (Å²) in [6.45, 7) is 0. The highest BCUT2D eigenvalue weighted by molar-refractivity contribution is 7.80. The number of aromatic amines is 1. The molecule has 0 aliphatic rings. The second kappa shape index (κ2) is 13.8. The van der Waals surface area contributed by atoms with Crippen molar-refractivity contribution in [3.8, 4) is 0 Å². The molecule has 2 rings (SSSR count). The Morgan fingerprint density at radius 3 is 2.11 bits per heavy atom. The van der Waals surface area contributed by atoms with Crippen LogP contribution in [-0.2, 0) is 30.4 Å². The molecule has 0 aliphatic heterocycles. The zero-order valence-electron chi connectivity index (χ0n) is 19.1. The van der Waals surface area contributed by atoms with E-state index in [2.05, 4.69) is 46.2 Å². The van der Waals surface area contributed by atoms with Gasteiger partial charge in [0.2, 0.25) is 17.7 Å². The summed E-state index contributed by atoms with van der Waals surface area (Å²) >= 11 is 7.88. The van der Waals surface area contributed by atoms with Crippen LogP contribution in [0.25, 0.3) is 10.9 Å². The minimum atomic E-state index is -1.38. The van der Waals surface area contributed by atoms with Crippen LogP contribution >= 0.6 is 25.3 Å². The van der Waals surface area contributed by atoms with Gasteiger partial charge in [0.25, 0.3) is 0 Å². The third kappa shape index (κ3) is 8.17. The number of benzene rings is 1. The van der Waals surface area contributed by atoms with E-state index < -0.39 is 60.2 Å². The zero-order chi connectivity index (χ0) is 26.8. The van der Waals surface area contributed by atoms with Gasteiger partial charge in [0.05, 0.1) is 6.04 Å². The van der Waals surface area contributed by atoms with Gasteiger partial charge < -0.3 is 36.9 Å². The highest BCUT2D eigenvalue weighted by atomic mass is 32.1. The highest BCUT2D eigenvalue weighted by Gasteiger charge is 2.30. The SMILES string of the molecule is NC(CS)C(=O)NC(Cc1c[nH]c2ccccc12)C(=O)NC(CCC(=O)O)C(=O)NC(CS)C(=O)O. The van der Waals surface area contributed by atoms with Crippen molar-refractivity contribution in [2.45, 2.75) is 43.4 Å². The number of amides is 3. The van der Waals surface area contributed by atoms with Crippen molar-refractivity contribution in [2.24, 2.45) is 5.73 Å². The fourth-order valence-electron chi connectivity index (χ4n) is 3.36. The number of rotatable bonds is 14. The van der Waals surface area contributed by atoms with Crippen LogP contribution in [0.2, 0.25) is 0 Å². The van der Waals surface area contributed by atoms with Crippen LogP contribution in [0.15, 0.2) is 30.5 Å². The Labute approximate surface area is 217 Å². The van der Waals surface area contributed by atoms with E-state index in [-0.39, 0.29) is 24.3 Å². The van der Waals surface area contributed by atoms with Gasteiger partial charge in [0.1, 0.15) is 18.1 Å². The van der Waals surface area contributed by atoms with Crippen LogP contribution in [0.5, 0.6) is 0 Å². The molecule has 2 aromatic rings. The first-order valence-corrected chi connectivity index (χ1v) is 12.2. The Balaban J connectivity index is 2.29. The number of H-pyrrole nitrogens is 1. The number of carboxylic acids is 2. The van der Waals surface area contributed by atoms with Crippen LogP contribution in [0, 0.1) is 0 Å². The monoisotopic (exact) mass is 539 g/mol. The molecule has 0 saturated heterocycles. The van der Waals surface area contributed by atoms with Crippen molar-refractivity contribution in [1.29, 1.82) is 0 Å². The number of thiol groups is 2. The fraction of sp³-hybridized carbons (Fsp3) is 0.409. The smallest absolute Gasteiger partial charge is 0.327 e. The molecule has 1 aromatic carbocycles. The molecule has 12 nitrogen and oxygen atoms in total. The number of hydrogen-bond acceptors (Lipinski definition) is 8. The molecule has 3 amide bonds. The van der Waals surface area contributed by atoms with Crippen LogP contribution in [0.4, 0.5) is 0 Å². The van der Waals surface area contributed by atoms with Crippen molar-refractivity contribution in [1.82, 2.24) is 20.9 Å². The summed E-state index contributed by atoms with van der Waals surface area (Å²) in [6.07, 6.45) is 0.938. The third-order valence-corrected chi connectivity index (χ3v) is 6.10. The molecule has 14 heteroatoms. The van der Waals surface area contributed by atoms with Gasteiger partial charge in [-0.2, -0.15) is 25.3 Å². The molecule has 0 spiro atoms. The molecular formula is C22H29N5O7S2. The lowest BCUT2D eigenvalue weighted by atomic mass is 10.0. The second-order valence-corrected chi connectivity index (χ2v) is 8.72. The maximum absolute atomic E-state index is 13.2. The summed E-state index contributed by atoms with van der Waals surface area (Å²) in [7, 11) is 0. The summed E-state index contributed by atoms with van der Waals surface area (Å²) in [6, 6.07) is 2.43. The van der Waals surface area contributed by atoms with Gasteiger partial charge in [-0.05, 0) is 18.1 Å². The van der Waals surface area contributed by atoms with Gasteiger partial charge in [-0.1, -0.05) is 18.2 Å². The first kappa shape index (κ1) is 29.0. The average molecular weight is 540 g/mol. The van der Waals surface area contributed by atoms with E-state index in [1.54, 1.807) is 6.20 Å². The minimum absolute atomic E-state index is 0.0250. The summed E-state index contributed by atoms with van der Waals surface area (Å²) in [5, 5.41) is 26.3. The number of carbonyl (C=O) groups is 5. The molecule has 36 heavy (non-hydrogen) atoms. The Kier molecular flexibility index (Phi) is 11.1. The molecule has 196 valence electrons. The van der Waals surface area contributed by atoms with Crippen LogP contribution in [-0.4, -0.2) is 80.5 Å². The highest BCUT2D eigenvalue weighted by Crippen LogP contribution is 2.19. The summed E-state index contributed by atoms with van der Waals surface area (Å²) in [5.74, 6) is -5.06. The molecule has 0 bridgehead atoms. The Morgan fingerprint density at radius 2 is 1.50 bits per heavy atom. The Morgan fingerprint density at radius 1 is 0.889 bits per heavy atom. The first-order valence-electron chi connectivity index (χ1n) is 10.9. The summed E-state index contributed by atoms with van der Waals surface area (Å²) < 4.78 is 0. The van der Waals surface area contributed by atoms with Crippen LogP contribution in [0.3, 0.4) is 0 Å². The second-order valence-electron chi connectivity index (χ2n) is 7.99. The molecule has 0 radical (unpaired) electrons. The summed E-state index contributed by atoms with van der Waals surface area (Å²) in [4.78, 5) is 63.9. The average Bonchev–Trinajstić information content (AvgIpc) is 3.26. The lowest BCUT2D eigenvalue weighted by molar-refractivity contribution is -0.142. The lowest BCUT2D eigenvalue weighted by Crippen LogP contribution is -2.58. The lowest BCUT2D eigenvalue weighted by Gasteiger charge is -2.24. The molecular weight excluding hydrogens is 510 g/mol. The standard InChI is InChI=1S/C22H29N5O7S2/c23-13(9-35)19(30)26-16(7-11-8-24-14-4-2-1-3-12(11)14)21(32)25-15(5-6-18(28)29)20(31)27-17(10-36)22(33)34/h1-4,8,13,15-17,24,35-36H,5-7,9-10,23H2,(H,25,32)(H,26,30)(H,27,31)(H,28,29)(H,33,34). The van der Waals surface area contributed by atoms with Gasteiger partial charge >= 0.3 is 11.9 Å². The normalized spacial score (nSPS) is 14.3. The number of nitrogens with one attached hydrogen (secondary N) is 4. The Hall–Kier alpha value is -3.23. The maximum Gasteiger partial charge on any atom is 0.327 e. The maximum atomic E-state index is 13.2. The fourth-order valence-corrected chi connectivity index (χ4v) is 3.77. The summed E-state index contributed by atoms with van der Waals surface area (Å²) in [5.41, 5.74) is 7.26. The third-order valence-electron chi connectivity index (χ3n) is 5.34. The predicted octanol–water partition coefficient (Wildman–Crippen LogP) is -0.699. The molecule has 8 N–H and O–H groups in total. The molecule has 0 aliphatic carbocycles. The van der Waals surface area contributed by atoms with Crippen molar-refractivity contribution in [2.75, 3.05) is 11.5 Å². The number of aromatic nitrogens is 1. The van der Waals surface area contributed by atoms with Gasteiger partial charge in [-0.25, -0.2) is 4.79 Å². The number of aliphatic carboxylic acids is 2. The van der Waals surface area contributed by atoms with E-state index in [1.165, 1.54) is 0 Å². The van der Waals surface area contributed by atoms with E-state index in [1.807, 2.05) is 24.3 Å². The van der Waals surface area contributed by atoms with E-state index >= 15 is 0 Å². The largest absolute Gasteiger partial charge is 0.481 e. The van der Waals surface area contributed by atoms with E-state index in [9.17, 15) is 29.1 Å². The molecule has 4 atom stereocenters. The quantitative estimate of drug-likeness (QED) is 0.140. The van der Waals surface area contributed by atoms with E-state index in [0.29, 0.717) is 5.56 Å². The topological polar surface area (TPSA) is 204 Å². The molecule has 0 fully saturated rings. The van der Waals surface area contributed by atoms with Gasteiger partial charge in [0.15, 0.2) is 0 Å². The van der Waals surface area contributed by atoms with Gasteiger partial charge in [-0.3, -0.25) is 19.2 Å². The van der Waals surface area contributed by atoms with E-state index in [4.69, 9.17) is 10.8 Å². The number of nitrogens with two attached hydrogens (primary N) is 1. The molecule has 1 aromatic heterocycles. The predicted molar refractivity (Wildman–Crippen MR) is 138 cm³/mol. The number of carbonyl (C=O) groups excluding carboxylic acids is 3.